The molecule has 1 rings (SSSR count). The summed E-state index contributed by atoms with van der Waals surface area (Å²) < 4.78 is 154. The lowest BCUT2D eigenvalue weighted by molar-refractivity contribution is -0.447. The van der Waals surface area contributed by atoms with Crippen LogP contribution in [-0.2, 0) is 0 Å². The molecule has 1 N–H and O–H groups in total. The molecule has 0 heterocycles. The largest absolute Gasteiger partial charge is 0.386 e. The van der Waals surface area contributed by atoms with Crippen molar-refractivity contribution in [2.75, 3.05) is 0 Å². The highest BCUT2D eigenvalue weighted by Crippen LogP contribution is 2.63. The van der Waals surface area contributed by atoms with E-state index >= 15 is 0 Å². The van der Waals surface area contributed by atoms with Crippen LogP contribution in [0, 0.1) is 0 Å². The van der Waals surface area contributed by atoms with E-state index < -0.39 is 48.1 Å². The van der Waals surface area contributed by atoms with Gasteiger partial charge in [0.25, 0.3) is 0 Å². The molecule has 1 saturated carbocycles. The first-order chi connectivity index (χ1) is 8.88. The summed E-state index contributed by atoms with van der Waals surface area (Å²) in [5.74, 6) is -42.2. The van der Waals surface area contributed by atoms with Crippen molar-refractivity contribution in [1.29, 1.82) is 0 Å². The molecule has 1 atom stereocenters. The minimum Gasteiger partial charge on any atom is -0.386 e. The Morgan fingerprint density at radius 3 is 1.29 bits per heavy atom. The van der Waals surface area contributed by atoms with E-state index in [1.165, 1.54) is 0 Å². The molecule has 1 fully saturated rings. The van der Waals surface area contributed by atoms with Crippen LogP contribution >= 0.6 is 0 Å². The Hall–Kier alpha value is -0.880. The molecule has 126 valence electrons. The van der Waals surface area contributed by atoms with E-state index in [4.69, 9.17) is 5.11 Å². The summed E-state index contributed by atoms with van der Waals surface area (Å²) in [7, 11) is 0. The highest BCUT2D eigenvalue weighted by atomic mass is 19.4. The third-order valence-corrected chi connectivity index (χ3v) is 2.93. The van der Waals surface area contributed by atoms with Crippen LogP contribution in [0.25, 0.3) is 0 Å². The summed E-state index contributed by atoms with van der Waals surface area (Å²) in [6, 6.07) is 0. The fraction of sp³-hybridized carbons (Fsp3) is 1.00. The molecule has 0 spiro atoms. The van der Waals surface area contributed by atoms with Crippen LogP contribution in [0.3, 0.4) is 0 Å². The van der Waals surface area contributed by atoms with Crippen LogP contribution in [0.1, 0.15) is 6.42 Å². The zero-order chi connectivity index (χ0) is 17.3. The molecule has 1 aliphatic carbocycles. The average Bonchev–Trinajstić information content (AvgIpc) is 2.25. The summed E-state index contributed by atoms with van der Waals surface area (Å²) in [6.45, 7) is 0. The van der Waals surface area contributed by atoms with E-state index in [0.717, 1.165) is 0 Å². The molecule has 1 aliphatic rings. The van der Waals surface area contributed by atoms with Crippen molar-refractivity contribution in [2.24, 2.45) is 0 Å². The fourth-order valence-electron chi connectivity index (χ4n) is 1.54. The zero-order valence-electron chi connectivity index (χ0n) is 9.27. The van der Waals surface area contributed by atoms with Gasteiger partial charge in [0.2, 0.25) is 0 Å². The van der Waals surface area contributed by atoms with Gasteiger partial charge >= 0.3 is 35.5 Å². The second-order valence-corrected chi connectivity index (χ2v) is 4.34. The van der Waals surface area contributed by atoms with Crippen LogP contribution in [0.15, 0.2) is 0 Å². The van der Waals surface area contributed by atoms with Crippen molar-refractivity contribution in [1.82, 2.24) is 0 Å². The third-order valence-electron chi connectivity index (χ3n) is 2.93. The molecule has 0 bridgehead atoms. The SMILES string of the molecule is OC1CC(F)(F)C(F)(F)C(F)(F)C(F)(F)C(F)(F)C1(F)F. The van der Waals surface area contributed by atoms with Crippen molar-refractivity contribution in [3.63, 3.8) is 0 Å². The lowest BCUT2D eigenvalue weighted by Gasteiger charge is -2.45. The number of hydrogen-bond donors (Lipinski definition) is 1. The van der Waals surface area contributed by atoms with Gasteiger partial charge in [-0.25, -0.2) is 0 Å². The van der Waals surface area contributed by atoms with E-state index in [0.29, 0.717) is 0 Å². The van der Waals surface area contributed by atoms with Crippen molar-refractivity contribution < 1.29 is 57.8 Å². The molecular weight excluding hydrogens is 340 g/mol. The predicted octanol–water partition coefficient (Wildman–Crippen LogP) is 3.56. The zero-order valence-corrected chi connectivity index (χ0v) is 9.27. The maximum Gasteiger partial charge on any atom is 0.384 e. The summed E-state index contributed by atoms with van der Waals surface area (Å²) in [5, 5.41) is 8.43. The normalized spacial score (nSPS) is 35.6. The second kappa shape index (κ2) is 4.10. The van der Waals surface area contributed by atoms with Crippen LogP contribution in [-0.4, -0.2) is 46.7 Å². The van der Waals surface area contributed by atoms with E-state index in [2.05, 4.69) is 0 Å². The number of halogens is 12. The highest BCUT2D eigenvalue weighted by molar-refractivity contribution is 5.16. The van der Waals surface area contributed by atoms with Gasteiger partial charge in [0.15, 0.2) is 0 Å². The Labute approximate surface area is 107 Å². The molecule has 1 nitrogen and oxygen atoms in total. The average molecular weight is 344 g/mol. The third kappa shape index (κ3) is 1.84. The minimum absolute atomic E-state index is 3.27. The van der Waals surface area contributed by atoms with Gasteiger partial charge < -0.3 is 5.11 Å². The molecule has 0 amide bonds. The standard InChI is InChI=1S/C8H4F12O/c9-3(10)1-2(21)4(11,12)6(15,16)8(19,20)7(17,18)5(3,13)14/h2,21H,1H2. The van der Waals surface area contributed by atoms with E-state index in [1.54, 1.807) is 0 Å². The number of rotatable bonds is 0. The van der Waals surface area contributed by atoms with E-state index in [-0.39, 0.29) is 0 Å². The quantitative estimate of drug-likeness (QED) is 0.667. The molecular formula is C8H4F12O. The number of aliphatic hydroxyl groups is 1. The lowest BCUT2D eigenvalue weighted by atomic mass is 9.82. The Balaban J connectivity index is 3.71. The molecule has 0 aromatic carbocycles. The van der Waals surface area contributed by atoms with E-state index in [1.807, 2.05) is 0 Å². The topological polar surface area (TPSA) is 20.2 Å². The Kier molecular flexibility index (Phi) is 3.55. The van der Waals surface area contributed by atoms with Crippen LogP contribution < -0.4 is 0 Å². The summed E-state index contributed by atoms with van der Waals surface area (Å²) in [4.78, 5) is 0. The number of aliphatic hydroxyl groups excluding tert-OH is 1. The predicted molar refractivity (Wildman–Crippen MR) is 40.3 cm³/mol. The van der Waals surface area contributed by atoms with Crippen LogP contribution in [0.5, 0.6) is 0 Å². The molecule has 13 heteroatoms. The Morgan fingerprint density at radius 1 is 0.571 bits per heavy atom. The first-order valence-electron chi connectivity index (χ1n) is 4.83. The molecule has 0 radical (unpaired) electrons. The summed E-state index contributed by atoms with van der Waals surface area (Å²) in [5.41, 5.74) is 0. The van der Waals surface area contributed by atoms with Gasteiger partial charge in [-0.3, -0.25) is 0 Å². The van der Waals surface area contributed by atoms with Gasteiger partial charge in [-0.05, 0) is 0 Å². The first kappa shape index (κ1) is 18.2. The Bertz CT molecular complexity index is 427. The van der Waals surface area contributed by atoms with Gasteiger partial charge in [-0.1, -0.05) is 0 Å². The first-order valence-corrected chi connectivity index (χ1v) is 4.83. The monoisotopic (exact) mass is 344 g/mol. The van der Waals surface area contributed by atoms with Crippen molar-refractivity contribution in [3.05, 3.63) is 0 Å². The van der Waals surface area contributed by atoms with Gasteiger partial charge in [0, 0.05) is 6.42 Å². The highest BCUT2D eigenvalue weighted by Gasteiger charge is 2.92. The molecule has 1 unspecified atom stereocenters. The van der Waals surface area contributed by atoms with Gasteiger partial charge in [0.1, 0.15) is 6.10 Å². The second-order valence-electron chi connectivity index (χ2n) is 4.34. The van der Waals surface area contributed by atoms with Crippen LogP contribution in [0.4, 0.5) is 52.7 Å². The maximum atomic E-state index is 12.9. The van der Waals surface area contributed by atoms with Gasteiger partial charge in [-0.15, -0.1) is 0 Å². The molecule has 0 saturated heterocycles. The summed E-state index contributed by atoms with van der Waals surface area (Å²) >= 11 is 0. The van der Waals surface area contributed by atoms with Gasteiger partial charge in [-0.2, -0.15) is 52.7 Å². The van der Waals surface area contributed by atoms with Crippen molar-refractivity contribution >= 4 is 0 Å². The smallest absolute Gasteiger partial charge is 0.384 e. The fourth-order valence-corrected chi connectivity index (χ4v) is 1.54. The Morgan fingerprint density at radius 2 is 0.905 bits per heavy atom. The minimum atomic E-state index is -7.56. The lowest BCUT2D eigenvalue weighted by Crippen LogP contribution is -2.75. The maximum absolute atomic E-state index is 12.9. The number of alkyl halides is 12. The van der Waals surface area contributed by atoms with E-state index in [9.17, 15) is 52.7 Å². The van der Waals surface area contributed by atoms with Gasteiger partial charge in [0.05, 0.1) is 0 Å². The molecule has 21 heavy (non-hydrogen) atoms. The molecule has 0 aromatic rings. The van der Waals surface area contributed by atoms with Crippen molar-refractivity contribution in [2.45, 2.75) is 48.1 Å². The molecule has 0 aliphatic heterocycles. The summed E-state index contributed by atoms with van der Waals surface area (Å²) in [6.07, 6.45) is -7.68. The van der Waals surface area contributed by atoms with Crippen LogP contribution in [0.2, 0.25) is 0 Å². The number of hydrogen-bond acceptors (Lipinski definition) is 1. The van der Waals surface area contributed by atoms with Crippen molar-refractivity contribution in [3.8, 4) is 0 Å². The molecule has 0 aromatic heterocycles.